The van der Waals surface area contributed by atoms with E-state index >= 15 is 0 Å². The second-order valence-corrected chi connectivity index (χ2v) is 5.86. The van der Waals surface area contributed by atoms with Crippen molar-refractivity contribution in [3.8, 4) is 0 Å². The zero-order valence-electron chi connectivity index (χ0n) is 10.8. The Morgan fingerprint density at radius 3 is 1.41 bits per heavy atom. The molecule has 0 radical (unpaired) electrons. The van der Waals surface area contributed by atoms with E-state index in [-0.39, 0.29) is 0 Å². The van der Waals surface area contributed by atoms with Crippen molar-refractivity contribution in [2.45, 2.75) is 17.8 Å². The highest BCUT2D eigenvalue weighted by atomic mass is 127. The van der Waals surface area contributed by atoms with E-state index in [2.05, 4.69) is 0 Å². The van der Waals surface area contributed by atoms with Crippen LogP contribution in [0.25, 0.3) is 0 Å². The molecular weight excluding hydrogens is 421 g/mol. The molecule has 0 unspecified atom stereocenters. The summed E-state index contributed by atoms with van der Waals surface area (Å²) in [7, 11) is 0. The Morgan fingerprint density at radius 1 is 0.591 bits per heavy atom. The van der Waals surface area contributed by atoms with Gasteiger partial charge in [-0.3, -0.25) is 0 Å². The molecule has 0 N–H and O–H groups in total. The normalized spacial score (nSPS) is 13.2. The molecule has 0 aliphatic carbocycles. The van der Waals surface area contributed by atoms with Crippen LogP contribution in [0.1, 0.15) is 11.1 Å². The van der Waals surface area contributed by atoms with Gasteiger partial charge in [-0.2, -0.15) is 26.3 Å². The topological polar surface area (TPSA) is 0 Å². The Bertz CT molecular complexity index is 614. The van der Waals surface area contributed by atoms with Gasteiger partial charge in [-0.15, -0.1) is 0 Å². The molecule has 0 spiro atoms. The minimum Gasteiger partial charge on any atom is -0.169 e. The lowest BCUT2D eigenvalue weighted by atomic mass is 9.73. The maximum absolute atomic E-state index is 13.6. The zero-order valence-corrected chi connectivity index (χ0v) is 13.0. The predicted octanol–water partition coefficient (Wildman–Crippen LogP) is 5.70. The first kappa shape index (κ1) is 17.1. The lowest BCUT2D eigenvalue weighted by Crippen LogP contribution is -2.54. The van der Waals surface area contributed by atoms with Crippen molar-refractivity contribution >= 4 is 22.6 Å². The molecule has 0 fully saturated rings. The standard InChI is InChI=1S/C15H9F6I/c16-14(17,18)13(15(19,20)21,10-4-2-1-3-5-10)11-6-8-12(22)9-7-11/h1-9H. The van der Waals surface area contributed by atoms with Crippen LogP contribution in [-0.2, 0) is 5.41 Å². The molecule has 0 atom stereocenters. The molecule has 0 aromatic heterocycles. The van der Waals surface area contributed by atoms with Crippen molar-refractivity contribution in [1.82, 2.24) is 0 Å². The van der Waals surface area contributed by atoms with Crippen molar-refractivity contribution in [3.05, 3.63) is 69.3 Å². The second kappa shape index (κ2) is 5.75. The summed E-state index contributed by atoms with van der Waals surface area (Å²) in [6, 6.07) is 9.58. The molecule has 2 aromatic rings. The Hall–Kier alpha value is -1.25. The highest BCUT2D eigenvalue weighted by Crippen LogP contribution is 2.56. The summed E-state index contributed by atoms with van der Waals surface area (Å²) in [6.07, 6.45) is -11.1. The zero-order chi connectivity index (χ0) is 16.6. The van der Waals surface area contributed by atoms with Gasteiger partial charge in [-0.1, -0.05) is 42.5 Å². The number of benzene rings is 2. The van der Waals surface area contributed by atoms with Crippen LogP contribution in [0, 0.1) is 3.57 Å². The van der Waals surface area contributed by atoms with E-state index < -0.39 is 28.9 Å². The summed E-state index contributed by atoms with van der Waals surface area (Å²) in [5.74, 6) is 0. The number of rotatable bonds is 2. The van der Waals surface area contributed by atoms with Gasteiger partial charge in [0.25, 0.3) is 0 Å². The third-order valence-electron chi connectivity index (χ3n) is 3.33. The van der Waals surface area contributed by atoms with E-state index in [1.807, 2.05) is 22.6 Å². The summed E-state index contributed by atoms with van der Waals surface area (Å²) < 4.78 is 82.3. The first-order chi connectivity index (χ1) is 10.1. The van der Waals surface area contributed by atoms with Crippen LogP contribution in [0.2, 0.25) is 0 Å². The number of alkyl halides is 6. The number of halogens is 7. The smallest absolute Gasteiger partial charge is 0.169 e. The van der Waals surface area contributed by atoms with E-state index in [0.717, 1.165) is 36.4 Å². The van der Waals surface area contributed by atoms with Gasteiger partial charge in [0.1, 0.15) is 0 Å². The van der Waals surface area contributed by atoms with E-state index in [1.165, 1.54) is 18.2 Å². The Labute approximate surface area is 136 Å². The van der Waals surface area contributed by atoms with Crippen LogP contribution in [-0.4, -0.2) is 12.4 Å². The van der Waals surface area contributed by atoms with Crippen LogP contribution in [0.5, 0.6) is 0 Å². The summed E-state index contributed by atoms with van der Waals surface area (Å²) in [5, 5.41) is 0. The van der Waals surface area contributed by atoms with Crippen LogP contribution < -0.4 is 0 Å². The molecule has 22 heavy (non-hydrogen) atoms. The molecular formula is C15H9F6I. The van der Waals surface area contributed by atoms with E-state index in [4.69, 9.17) is 0 Å². The molecule has 0 bridgehead atoms. The minimum absolute atomic E-state index is 0.549. The molecule has 0 aliphatic heterocycles. The van der Waals surface area contributed by atoms with Gasteiger partial charge in [0, 0.05) is 3.57 Å². The summed E-state index contributed by atoms with van der Waals surface area (Å²) in [6.45, 7) is 0. The third-order valence-corrected chi connectivity index (χ3v) is 4.05. The monoisotopic (exact) mass is 430 g/mol. The van der Waals surface area contributed by atoms with Crippen LogP contribution in [0.3, 0.4) is 0 Å². The summed E-state index contributed by atoms with van der Waals surface area (Å²) >= 11 is 1.82. The lowest BCUT2D eigenvalue weighted by molar-refractivity contribution is -0.288. The molecule has 0 saturated carbocycles. The fraction of sp³-hybridized carbons (Fsp3) is 0.200. The minimum atomic E-state index is -5.53. The lowest BCUT2D eigenvalue weighted by Gasteiger charge is -2.38. The Kier molecular flexibility index (Phi) is 4.47. The van der Waals surface area contributed by atoms with Crippen molar-refractivity contribution in [2.24, 2.45) is 0 Å². The number of hydrogen-bond acceptors (Lipinski definition) is 0. The Morgan fingerprint density at radius 2 is 1.00 bits per heavy atom. The van der Waals surface area contributed by atoms with Gasteiger partial charge < -0.3 is 0 Å². The van der Waals surface area contributed by atoms with Crippen LogP contribution >= 0.6 is 22.6 Å². The molecule has 2 aromatic carbocycles. The maximum atomic E-state index is 13.6. The van der Waals surface area contributed by atoms with Crippen molar-refractivity contribution < 1.29 is 26.3 Å². The van der Waals surface area contributed by atoms with Gasteiger partial charge >= 0.3 is 12.4 Å². The van der Waals surface area contributed by atoms with Crippen LogP contribution in [0.15, 0.2) is 54.6 Å². The Balaban J connectivity index is 2.86. The molecule has 0 amide bonds. The fourth-order valence-electron chi connectivity index (χ4n) is 2.37. The van der Waals surface area contributed by atoms with Gasteiger partial charge in [0.05, 0.1) is 0 Å². The average molecular weight is 430 g/mol. The SMILES string of the molecule is FC(F)(F)C(c1ccccc1)(c1ccc(I)cc1)C(F)(F)F. The molecule has 0 nitrogen and oxygen atoms in total. The molecule has 0 saturated heterocycles. The largest absolute Gasteiger partial charge is 0.411 e. The fourth-order valence-corrected chi connectivity index (χ4v) is 2.73. The average Bonchev–Trinajstić information content (AvgIpc) is 2.39. The predicted molar refractivity (Wildman–Crippen MR) is 78.5 cm³/mol. The molecule has 0 aliphatic rings. The van der Waals surface area contributed by atoms with Gasteiger partial charge in [0.2, 0.25) is 5.41 Å². The third kappa shape index (κ3) is 2.70. The maximum Gasteiger partial charge on any atom is 0.411 e. The first-order valence-electron chi connectivity index (χ1n) is 6.05. The second-order valence-electron chi connectivity index (χ2n) is 4.62. The van der Waals surface area contributed by atoms with Gasteiger partial charge in [-0.05, 0) is 45.9 Å². The molecule has 7 heteroatoms. The van der Waals surface area contributed by atoms with E-state index in [9.17, 15) is 26.3 Å². The first-order valence-corrected chi connectivity index (χ1v) is 7.13. The van der Waals surface area contributed by atoms with Crippen molar-refractivity contribution in [1.29, 1.82) is 0 Å². The van der Waals surface area contributed by atoms with E-state index in [1.54, 1.807) is 0 Å². The highest BCUT2D eigenvalue weighted by molar-refractivity contribution is 14.1. The van der Waals surface area contributed by atoms with Gasteiger partial charge in [0.15, 0.2) is 0 Å². The highest BCUT2D eigenvalue weighted by Gasteiger charge is 2.72. The van der Waals surface area contributed by atoms with Crippen molar-refractivity contribution in [2.75, 3.05) is 0 Å². The summed E-state index contributed by atoms with van der Waals surface area (Å²) in [4.78, 5) is 0. The molecule has 2 rings (SSSR count). The molecule has 118 valence electrons. The molecule has 0 heterocycles. The van der Waals surface area contributed by atoms with Crippen molar-refractivity contribution in [3.63, 3.8) is 0 Å². The van der Waals surface area contributed by atoms with Gasteiger partial charge in [-0.25, -0.2) is 0 Å². The quantitative estimate of drug-likeness (QED) is 0.424. The van der Waals surface area contributed by atoms with E-state index in [0.29, 0.717) is 3.57 Å². The summed E-state index contributed by atoms with van der Waals surface area (Å²) in [5.41, 5.74) is -5.75. The van der Waals surface area contributed by atoms with Crippen LogP contribution in [0.4, 0.5) is 26.3 Å². The number of hydrogen-bond donors (Lipinski definition) is 0.